The van der Waals surface area contributed by atoms with Gasteiger partial charge in [0.2, 0.25) is 0 Å². The lowest BCUT2D eigenvalue weighted by Gasteiger charge is -2.14. The largest absolute Gasteiger partial charge is 0.299 e. The minimum Gasteiger partial charge on any atom is -0.299 e. The molecule has 0 saturated heterocycles. The molecule has 1 aromatic heterocycles. The van der Waals surface area contributed by atoms with Crippen molar-refractivity contribution < 1.29 is 4.79 Å². The lowest BCUT2D eigenvalue weighted by atomic mass is 9.88. The summed E-state index contributed by atoms with van der Waals surface area (Å²) < 4.78 is 0. The molecule has 1 fully saturated rings. The van der Waals surface area contributed by atoms with Gasteiger partial charge in [-0.05, 0) is 36.8 Å². The molecule has 1 aliphatic rings. The predicted molar refractivity (Wildman–Crippen MR) is 63.3 cm³/mol. The number of nitrogens with zero attached hydrogens (tertiary/aromatic N) is 1. The minimum absolute atomic E-state index is 0.194. The highest BCUT2D eigenvalue weighted by Gasteiger charge is 2.49. The number of benzene rings is 1. The van der Waals surface area contributed by atoms with Crippen LogP contribution in [0.5, 0.6) is 0 Å². The van der Waals surface area contributed by atoms with Crippen LogP contribution in [0, 0.1) is 0 Å². The van der Waals surface area contributed by atoms with Gasteiger partial charge in [0.1, 0.15) is 5.78 Å². The minimum atomic E-state index is -0.194. The van der Waals surface area contributed by atoms with Crippen molar-refractivity contribution in [2.24, 2.45) is 0 Å². The summed E-state index contributed by atoms with van der Waals surface area (Å²) in [5.74, 6) is 0.289. The third-order valence-corrected chi connectivity index (χ3v) is 3.62. The van der Waals surface area contributed by atoms with Crippen LogP contribution in [0.25, 0.3) is 10.8 Å². The molecule has 1 heterocycles. The van der Waals surface area contributed by atoms with Gasteiger partial charge in [0, 0.05) is 17.8 Å². The molecule has 1 aromatic carbocycles. The number of rotatable bonds is 2. The molecule has 2 heteroatoms. The average Bonchev–Trinajstić information content (AvgIpc) is 3.09. The fraction of sp³-hybridized carbons (Fsp3) is 0.286. The second-order valence-corrected chi connectivity index (χ2v) is 4.54. The van der Waals surface area contributed by atoms with Gasteiger partial charge in [-0.25, -0.2) is 0 Å². The lowest BCUT2D eigenvalue weighted by Crippen LogP contribution is -2.17. The summed E-state index contributed by atoms with van der Waals surface area (Å²) in [5, 5.41) is 2.29. The van der Waals surface area contributed by atoms with Gasteiger partial charge < -0.3 is 0 Å². The first-order chi connectivity index (χ1) is 7.74. The van der Waals surface area contributed by atoms with E-state index in [-0.39, 0.29) is 11.2 Å². The Morgan fingerprint density at radius 3 is 2.81 bits per heavy atom. The summed E-state index contributed by atoms with van der Waals surface area (Å²) >= 11 is 0. The predicted octanol–water partition coefficient (Wildman–Crippen LogP) is 2.86. The van der Waals surface area contributed by atoms with E-state index in [0.717, 1.165) is 18.2 Å². The number of pyridine rings is 1. The van der Waals surface area contributed by atoms with E-state index in [1.54, 1.807) is 13.1 Å². The van der Waals surface area contributed by atoms with Gasteiger partial charge in [-0.15, -0.1) is 0 Å². The van der Waals surface area contributed by atoms with Gasteiger partial charge in [0.15, 0.2) is 0 Å². The van der Waals surface area contributed by atoms with Crippen molar-refractivity contribution >= 4 is 16.6 Å². The van der Waals surface area contributed by atoms with Crippen molar-refractivity contribution in [1.82, 2.24) is 4.98 Å². The molecule has 80 valence electrons. The number of Topliss-reactive ketones (excluding diaryl/α,β-unsaturated/α-hetero) is 1. The summed E-state index contributed by atoms with van der Waals surface area (Å²) in [6.07, 6.45) is 5.63. The van der Waals surface area contributed by atoms with Crippen LogP contribution in [0.15, 0.2) is 36.7 Å². The maximum atomic E-state index is 11.8. The van der Waals surface area contributed by atoms with Crippen molar-refractivity contribution in [3.63, 3.8) is 0 Å². The van der Waals surface area contributed by atoms with Gasteiger partial charge in [-0.1, -0.05) is 18.2 Å². The highest BCUT2D eigenvalue weighted by molar-refractivity contribution is 5.97. The molecule has 1 aliphatic carbocycles. The fourth-order valence-corrected chi connectivity index (χ4v) is 2.48. The summed E-state index contributed by atoms with van der Waals surface area (Å²) in [4.78, 5) is 15.9. The van der Waals surface area contributed by atoms with Crippen LogP contribution in [0.3, 0.4) is 0 Å². The Morgan fingerprint density at radius 1 is 1.31 bits per heavy atom. The molecule has 0 bridgehead atoms. The van der Waals surface area contributed by atoms with E-state index in [4.69, 9.17) is 0 Å². The first-order valence-corrected chi connectivity index (χ1v) is 5.58. The summed E-state index contributed by atoms with van der Waals surface area (Å²) in [7, 11) is 0. The number of ketones is 1. The number of hydrogen-bond donors (Lipinski definition) is 0. The fourth-order valence-electron chi connectivity index (χ4n) is 2.48. The Labute approximate surface area is 94.3 Å². The maximum absolute atomic E-state index is 11.8. The first-order valence-electron chi connectivity index (χ1n) is 5.58. The molecule has 0 amide bonds. The Balaban J connectivity index is 2.29. The zero-order valence-corrected chi connectivity index (χ0v) is 9.23. The summed E-state index contributed by atoms with van der Waals surface area (Å²) in [5.41, 5.74) is 0.987. The van der Waals surface area contributed by atoms with E-state index in [9.17, 15) is 4.79 Å². The van der Waals surface area contributed by atoms with Gasteiger partial charge in [-0.2, -0.15) is 0 Å². The smallest absolute Gasteiger partial charge is 0.140 e. The molecule has 0 spiro atoms. The molecule has 0 aliphatic heterocycles. The number of fused-ring (bicyclic) bond motifs is 1. The summed E-state index contributed by atoms with van der Waals surface area (Å²) in [6.45, 7) is 1.70. The van der Waals surface area contributed by atoms with E-state index in [0.29, 0.717) is 0 Å². The third-order valence-electron chi connectivity index (χ3n) is 3.62. The van der Waals surface area contributed by atoms with E-state index < -0.39 is 0 Å². The van der Waals surface area contributed by atoms with E-state index >= 15 is 0 Å². The first kappa shape index (κ1) is 9.52. The van der Waals surface area contributed by atoms with Gasteiger partial charge in [-0.3, -0.25) is 9.78 Å². The zero-order chi connectivity index (χ0) is 11.2. The second kappa shape index (κ2) is 3.14. The Kier molecular flexibility index (Phi) is 1.87. The van der Waals surface area contributed by atoms with Crippen LogP contribution in [-0.2, 0) is 10.2 Å². The third kappa shape index (κ3) is 1.19. The average molecular weight is 211 g/mol. The Hall–Kier alpha value is -1.70. The highest BCUT2D eigenvalue weighted by Crippen LogP contribution is 2.50. The normalized spacial score (nSPS) is 17.3. The molecule has 2 nitrogen and oxygen atoms in total. The van der Waals surface area contributed by atoms with E-state index in [2.05, 4.69) is 11.1 Å². The molecule has 0 atom stereocenters. The van der Waals surface area contributed by atoms with E-state index in [1.165, 1.54) is 10.9 Å². The standard InChI is InChI=1S/C14H13NO/c1-10(16)14(6-7-14)13-4-2-3-11-9-15-8-5-12(11)13/h2-5,8-9H,6-7H2,1H3. The van der Waals surface area contributed by atoms with Crippen molar-refractivity contribution in [3.05, 3.63) is 42.2 Å². The van der Waals surface area contributed by atoms with Crippen molar-refractivity contribution in [1.29, 1.82) is 0 Å². The van der Waals surface area contributed by atoms with Crippen LogP contribution < -0.4 is 0 Å². The molecule has 2 aromatic rings. The topological polar surface area (TPSA) is 30.0 Å². The SMILES string of the molecule is CC(=O)C1(c2cccc3cnccc23)CC1. The quantitative estimate of drug-likeness (QED) is 0.764. The molecule has 1 saturated carbocycles. The van der Waals surface area contributed by atoms with Crippen LogP contribution in [0.4, 0.5) is 0 Å². The second-order valence-electron chi connectivity index (χ2n) is 4.54. The van der Waals surface area contributed by atoms with Crippen LogP contribution in [0.1, 0.15) is 25.3 Å². The Bertz CT molecular complexity index is 564. The summed E-state index contributed by atoms with van der Waals surface area (Å²) in [6, 6.07) is 8.15. The molecule has 0 unspecified atom stereocenters. The van der Waals surface area contributed by atoms with Crippen molar-refractivity contribution in [2.45, 2.75) is 25.2 Å². The number of carbonyl (C=O) groups excluding carboxylic acids is 1. The van der Waals surface area contributed by atoms with Crippen LogP contribution in [0.2, 0.25) is 0 Å². The maximum Gasteiger partial charge on any atom is 0.140 e. The van der Waals surface area contributed by atoms with Gasteiger partial charge in [0.05, 0.1) is 5.41 Å². The molecule has 0 N–H and O–H groups in total. The van der Waals surface area contributed by atoms with E-state index in [1.807, 2.05) is 24.4 Å². The van der Waals surface area contributed by atoms with Crippen LogP contribution >= 0.6 is 0 Å². The molecule has 16 heavy (non-hydrogen) atoms. The number of carbonyl (C=O) groups is 1. The van der Waals surface area contributed by atoms with Crippen LogP contribution in [-0.4, -0.2) is 10.8 Å². The van der Waals surface area contributed by atoms with Crippen molar-refractivity contribution in [2.75, 3.05) is 0 Å². The highest BCUT2D eigenvalue weighted by atomic mass is 16.1. The molecular formula is C14H13NO. The molecular weight excluding hydrogens is 198 g/mol. The number of hydrogen-bond acceptors (Lipinski definition) is 2. The lowest BCUT2D eigenvalue weighted by molar-refractivity contribution is -0.119. The number of aromatic nitrogens is 1. The van der Waals surface area contributed by atoms with Gasteiger partial charge in [0.25, 0.3) is 0 Å². The molecule has 3 rings (SSSR count). The van der Waals surface area contributed by atoms with Gasteiger partial charge >= 0.3 is 0 Å². The van der Waals surface area contributed by atoms with Crippen molar-refractivity contribution in [3.8, 4) is 0 Å². The molecule has 0 radical (unpaired) electrons. The Morgan fingerprint density at radius 2 is 2.12 bits per heavy atom. The monoisotopic (exact) mass is 211 g/mol. The zero-order valence-electron chi connectivity index (χ0n) is 9.23.